The Morgan fingerprint density at radius 3 is 2.46 bits per heavy atom. The lowest BCUT2D eigenvalue weighted by atomic mass is 10.1. The van der Waals surface area contributed by atoms with Crippen LogP contribution in [-0.2, 0) is 9.59 Å². The average Bonchev–Trinajstić information content (AvgIpc) is 3.52. The van der Waals surface area contributed by atoms with E-state index in [0.717, 1.165) is 23.3 Å². The zero-order valence-corrected chi connectivity index (χ0v) is 16.2. The third-order valence-electron chi connectivity index (χ3n) is 4.43. The number of carbonyl (C=O) groups excluding carboxylic acids is 2. The summed E-state index contributed by atoms with van der Waals surface area (Å²) in [5.74, 6) is 0.366. The summed E-state index contributed by atoms with van der Waals surface area (Å²) < 4.78 is 5.08. The highest BCUT2D eigenvalue weighted by molar-refractivity contribution is 7.80. The second-order valence-corrected chi connectivity index (χ2v) is 6.81. The molecule has 2 aromatic carbocycles. The van der Waals surface area contributed by atoms with Crippen LogP contribution in [0.1, 0.15) is 23.5 Å². The van der Waals surface area contributed by atoms with Crippen LogP contribution in [-0.4, -0.2) is 24.0 Å². The summed E-state index contributed by atoms with van der Waals surface area (Å²) in [7, 11) is 1.59. The van der Waals surface area contributed by atoms with E-state index in [1.165, 1.54) is 6.08 Å². The number of nitrogens with one attached hydrogen (secondary N) is 3. The summed E-state index contributed by atoms with van der Waals surface area (Å²) in [4.78, 5) is 24.1. The summed E-state index contributed by atoms with van der Waals surface area (Å²) >= 11 is 5.03. The Balaban J connectivity index is 1.39. The van der Waals surface area contributed by atoms with Crippen molar-refractivity contribution < 1.29 is 14.3 Å². The minimum atomic E-state index is -0.392. The van der Waals surface area contributed by atoms with Crippen LogP contribution in [0.15, 0.2) is 60.7 Å². The number of amides is 2. The number of methoxy groups -OCH3 is 1. The van der Waals surface area contributed by atoms with Gasteiger partial charge < -0.3 is 4.74 Å². The van der Waals surface area contributed by atoms with Crippen molar-refractivity contribution in [2.45, 2.75) is 12.3 Å². The van der Waals surface area contributed by atoms with Gasteiger partial charge in [-0.1, -0.05) is 42.5 Å². The molecule has 2 aromatic rings. The molecule has 3 N–H and O–H groups in total. The summed E-state index contributed by atoms with van der Waals surface area (Å²) in [5.41, 5.74) is 7.13. The molecule has 2 atom stereocenters. The summed E-state index contributed by atoms with van der Waals surface area (Å²) in [6.45, 7) is 0. The van der Waals surface area contributed by atoms with E-state index in [0.29, 0.717) is 0 Å². The van der Waals surface area contributed by atoms with Crippen molar-refractivity contribution in [3.05, 3.63) is 71.8 Å². The van der Waals surface area contributed by atoms with Gasteiger partial charge in [0.05, 0.1) is 7.11 Å². The first-order valence-corrected chi connectivity index (χ1v) is 9.25. The lowest BCUT2D eigenvalue weighted by molar-refractivity contribution is -0.123. The second kappa shape index (κ2) is 9.14. The lowest BCUT2D eigenvalue weighted by Gasteiger charge is -2.09. The fourth-order valence-electron chi connectivity index (χ4n) is 2.84. The van der Waals surface area contributed by atoms with E-state index in [4.69, 9.17) is 17.0 Å². The van der Waals surface area contributed by atoms with Crippen LogP contribution in [0.2, 0.25) is 0 Å². The second-order valence-electron chi connectivity index (χ2n) is 6.40. The Bertz CT molecular complexity index is 882. The normalized spacial score (nSPS) is 17.6. The molecule has 0 radical (unpaired) electrons. The number of ether oxygens (including phenoxy) is 1. The van der Waals surface area contributed by atoms with Crippen molar-refractivity contribution in [2.75, 3.05) is 7.11 Å². The number of rotatable bonds is 5. The molecule has 144 valence electrons. The Kier molecular flexibility index (Phi) is 6.39. The Morgan fingerprint density at radius 2 is 1.79 bits per heavy atom. The third kappa shape index (κ3) is 5.40. The molecule has 1 saturated carbocycles. The molecule has 1 aliphatic rings. The van der Waals surface area contributed by atoms with Crippen LogP contribution in [0.5, 0.6) is 5.75 Å². The average molecular weight is 395 g/mol. The van der Waals surface area contributed by atoms with E-state index in [9.17, 15) is 9.59 Å². The zero-order valence-electron chi connectivity index (χ0n) is 15.3. The molecule has 1 fully saturated rings. The predicted octanol–water partition coefficient (Wildman–Crippen LogP) is 2.53. The molecule has 0 aromatic heterocycles. The van der Waals surface area contributed by atoms with Crippen molar-refractivity contribution in [2.24, 2.45) is 5.92 Å². The number of benzene rings is 2. The monoisotopic (exact) mass is 395 g/mol. The van der Waals surface area contributed by atoms with Gasteiger partial charge in [0.15, 0.2) is 5.11 Å². The van der Waals surface area contributed by atoms with E-state index >= 15 is 0 Å². The first-order chi connectivity index (χ1) is 13.6. The van der Waals surface area contributed by atoms with Crippen LogP contribution in [0.25, 0.3) is 6.08 Å². The van der Waals surface area contributed by atoms with Crippen LogP contribution in [0, 0.1) is 5.92 Å². The minimum absolute atomic E-state index is 0.0367. The predicted molar refractivity (Wildman–Crippen MR) is 111 cm³/mol. The molecule has 7 heteroatoms. The van der Waals surface area contributed by atoms with Gasteiger partial charge in [0.2, 0.25) is 11.8 Å². The maximum absolute atomic E-state index is 12.2. The highest BCUT2D eigenvalue weighted by atomic mass is 32.1. The molecule has 0 heterocycles. The molecule has 28 heavy (non-hydrogen) atoms. The SMILES string of the molecule is COc1ccc(C=CC(=O)NC(=S)NNC(=O)C2CC2c2ccccc2)cc1. The van der Waals surface area contributed by atoms with Crippen molar-refractivity contribution >= 4 is 35.2 Å². The van der Waals surface area contributed by atoms with Crippen LogP contribution < -0.4 is 20.9 Å². The Morgan fingerprint density at radius 1 is 1.07 bits per heavy atom. The Hall–Kier alpha value is -3.19. The minimum Gasteiger partial charge on any atom is -0.497 e. The fraction of sp³-hybridized carbons (Fsp3) is 0.190. The number of thiocarbonyl (C=S) groups is 1. The lowest BCUT2D eigenvalue weighted by Crippen LogP contribution is -2.48. The molecule has 0 bridgehead atoms. The number of hydrogen-bond donors (Lipinski definition) is 3. The van der Waals surface area contributed by atoms with Crippen LogP contribution in [0.3, 0.4) is 0 Å². The van der Waals surface area contributed by atoms with Gasteiger partial charge in [-0.2, -0.15) is 0 Å². The van der Waals surface area contributed by atoms with Gasteiger partial charge in [0.25, 0.3) is 0 Å². The molecule has 2 unspecified atom stereocenters. The van der Waals surface area contributed by atoms with E-state index in [1.807, 2.05) is 42.5 Å². The van der Waals surface area contributed by atoms with Crippen molar-refractivity contribution in [3.8, 4) is 5.75 Å². The molecule has 0 spiro atoms. The van der Waals surface area contributed by atoms with Gasteiger partial charge in [-0.25, -0.2) is 0 Å². The molecule has 6 nitrogen and oxygen atoms in total. The molecular formula is C21H21N3O3S. The highest BCUT2D eigenvalue weighted by Gasteiger charge is 2.43. The number of hydrogen-bond acceptors (Lipinski definition) is 4. The first kappa shape index (κ1) is 19.6. The Labute approximate surface area is 168 Å². The van der Waals surface area contributed by atoms with Gasteiger partial charge in [0.1, 0.15) is 5.75 Å². The third-order valence-corrected chi connectivity index (χ3v) is 4.64. The van der Waals surface area contributed by atoms with E-state index in [1.54, 1.807) is 25.3 Å². The zero-order chi connectivity index (χ0) is 19.9. The molecule has 0 aliphatic heterocycles. The fourth-order valence-corrected chi connectivity index (χ4v) is 2.99. The largest absolute Gasteiger partial charge is 0.497 e. The van der Waals surface area contributed by atoms with E-state index in [-0.39, 0.29) is 22.9 Å². The standard InChI is InChI=1S/C21H21N3O3S/c1-27-16-10-7-14(8-11-16)9-12-19(25)22-21(28)24-23-20(26)18-13-17(18)15-5-3-2-4-6-15/h2-12,17-18H,13H2,1H3,(H,23,26)(H2,22,24,25,28). The number of hydrazine groups is 1. The van der Waals surface area contributed by atoms with Crippen molar-refractivity contribution in [1.29, 1.82) is 0 Å². The van der Waals surface area contributed by atoms with Gasteiger partial charge >= 0.3 is 0 Å². The van der Waals surface area contributed by atoms with Crippen molar-refractivity contribution in [3.63, 3.8) is 0 Å². The smallest absolute Gasteiger partial charge is 0.250 e. The summed E-state index contributed by atoms with van der Waals surface area (Å²) in [6, 6.07) is 17.2. The van der Waals surface area contributed by atoms with Gasteiger partial charge in [-0.15, -0.1) is 0 Å². The maximum Gasteiger partial charge on any atom is 0.250 e. The topological polar surface area (TPSA) is 79.5 Å². The van der Waals surface area contributed by atoms with Gasteiger partial charge in [-0.3, -0.25) is 25.8 Å². The molecule has 2 amide bonds. The van der Waals surface area contributed by atoms with Crippen molar-refractivity contribution in [1.82, 2.24) is 16.2 Å². The van der Waals surface area contributed by atoms with E-state index in [2.05, 4.69) is 16.2 Å². The summed E-state index contributed by atoms with van der Waals surface area (Å²) in [5, 5.41) is 2.52. The number of carbonyl (C=O) groups is 2. The van der Waals surface area contributed by atoms with Crippen LogP contribution in [0.4, 0.5) is 0 Å². The summed E-state index contributed by atoms with van der Waals surface area (Å²) in [6.07, 6.45) is 3.83. The highest BCUT2D eigenvalue weighted by Crippen LogP contribution is 2.47. The molecule has 0 saturated heterocycles. The molecule has 3 rings (SSSR count). The van der Waals surface area contributed by atoms with Gasteiger partial charge in [0, 0.05) is 12.0 Å². The first-order valence-electron chi connectivity index (χ1n) is 8.84. The quantitative estimate of drug-likeness (QED) is 0.412. The maximum atomic E-state index is 12.2. The molecule has 1 aliphatic carbocycles. The molecular weight excluding hydrogens is 374 g/mol. The van der Waals surface area contributed by atoms with E-state index < -0.39 is 5.91 Å². The van der Waals surface area contributed by atoms with Gasteiger partial charge in [-0.05, 0) is 53.9 Å². The van der Waals surface area contributed by atoms with Crippen LogP contribution >= 0.6 is 12.2 Å².